The van der Waals surface area contributed by atoms with E-state index in [4.69, 9.17) is 16.3 Å². The third-order valence-electron chi connectivity index (χ3n) is 2.49. The van der Waals surface area contributed by atoms with Crippen LogP contribution in [0.25, 0.3) is 0 Å². The van der Waals surface area contributed by atoms with Crippen molar-refractivity contribution in [2.75, 3.05) is 6.61 Å². The highest BCUT2D eigenvalue weighted by Crippen LogP contribution is 2.25. The molecule has 0 radical (unpaired) electrons. The molecule has 100 valence electrons. The number of nitrogens with one attached hydrogen (secondary N) is 1. The molecule has 0 fully saturated rings. The molecule has 4 heteroatoms. The number of rotatable bonds is 6. The lowest BCUT2D eigenvalue weighted by Gasteiger charge is -2.22. The van der Waals surface area contributed by atoms with E-state index in [1.165, 1.54) is 0 Å². The fraction of sp³-hybridized carbons (Fsp3) is 0.500. The molecule has 0 saturated heterocycles. The number of halogens is 1. The Labute approximate surface area is 113 Å². The van der Waals surface area contributed by atoms with Crippen molar-refractivity contribution in [3.05, 3.63) is 34.9 Å². The first kappa shape index (κ1) is 15.0. The summed E-state index contributed by atoms with van der Waals surface area (Å²) in [6.45, 7) is 6.28. The summed E-state index contributed by atoms with van der Waals surface area (Å²) in [6, 6.07) is 7.71. The van der Waals surface area contributed by atoms with Gasteiger partial charge in [0.05, 0.1) is 13.0 Å². The van der Waals surface area contributed by atoms with Gasteiger partial charge < -0.3 is 10.1 Å². The van der Waals surface area contributed by atoms with Crippen LogP contribution in [0.15, 0.2) is 24.3 Å². The molecule has 1 N–H and O–H groups in total. The van der Waals surface area contributed by atoms with Crippen LogP contribution in [0.1, 0.15) is 38.8 Å². The molecule has 0 bridgehead atoms. The number of carbonyl (C=O) groups is 1. The molecule has 0 spiro atoms. The van der Waals surface area contributed by atoms with Crippen molar-refractivity contribution in [1.29, 1.82) is 0 Å². The summed E-state index contributed by atoms with van der Waals surface area (Å²) < 4.78 is 4.99. The van der Waals surface area contributed by atoms with Gasteiger partial charge in [-0.15, -0.1) is 0 Å². The Morgan fingerprint density at radius 1 is 1.39 bits per heavy atom. The van der Waals surface area contributed by atoms with Crippen molar-refractivity contribution in [3.8, 4) is 0 Å². The Morgan fingerprint density at radius 3 is 2.61 bits per heavy atom. The van der Waals surface area contributed by atoms with Crippen LogP contribution in [0.4, 0.5) is 0 Å². The zero-order chi connectivity index (χ0) is 13.5. The number of esters is 1. The van der Waals surface area contributed by atoms with E-state index in [-0.39, 0.29) is 24.5 Å². The second kappa shape index (κ2) is 7.39. The van der Waals surface area contributed by atoms with Crippen LogP contribution in [0.3, 0.4) is 0 Å². The summed E-state index contributed by atoms with van der Waals surface area (Å²) in [5.74, 6) is -0.212. The maximum absolute atomic E-state index is 11.6. The van der Waals surface area contributed by atoms with E-state index >= 15 is 0 Å². The van der Waals surface area contributed by atoms with Crippen LogP contribution in [0.2, 0.25) is 5.02 Å². The molecule has 1 aromatic rings. The lowest BCUT2D eigenvalue weighted by Crippen LogP contribution is -2.30. The van der Waals surface area contributed by atoms with Gasteiger partial charge in [0.25, 0.3) is 0 Å². The van der Waals surface area contributed by atoms with Crippen molar-refractivity contribution < 1.29 is 9.53 Å². The molecule has 0 aromatic heterocycles. The summed E-state index contributed by atoms with van der Waals surface area (Å²) in [5, 5.41) is 4.01. The zero-order valence-electron chi connectivity index (χ0n) is 11.1. The predicted octanol–water partition coefficient (Wildman–Crippen LogP) is 3.33. The minimum atomic E-state index is -0.212. The number of benzene rings is 1. The van der Waals surface area contributed by atoms with Crippen LogP contribution in [0.5, 0.6) is 0 Å². The standard InChI is InChI=1S/C14H20ClNO2/c1-4-18-14(17)9-13(16-10(2)3)11-7-5-6-8-12(11)15/h5-8,10,13,16H,4,9H2,1-3H3. The predicted molar refractivity (Wildman–Crippen MR) is 73.7 cm³/mol. The molecular weight excluding hydrogens is 250 g/mol. The van der Waals surface area contributed by atoms with E-state index in [0.29, 0.717) is 11.6 Å². The first-order chi connectivity index (χ1) is 8.54. The maximum Gasteiger partial charge on any atom is 0.307 e. The van der Waals surface area contributed by atoms with Crippen LogP contribution in [0, 0.1) is 0 Å². The fourth-order valence-corrected chi connectivity index (χ4v) is 2.07. The Hall–Kier alpha value is -1.06. The summed E-state index contributed by atoms with van der Waals surface area (Å²) >= 11 is 6.17. The lowest BCUT2D eigenvalue weighted by atomic mass is 10.0. The van der Waals surface area contributed by atoms with Crippen molar-refractivity contribution in [3.63, 3.8) is 0 Å². The van der Waals surface area contributed by atoms with Crippen LogP contribution in [-0.4, -0.2) is 18.6 Å². The molecule has 0 aliphatic carbocycles. The monoisotopic (exact) mass is 269 g/mol. The van der Waals surface area contributed by atoms with Crippen molar-refractivity contribution in [2.24, 2.45) is 0 Å². The maximum atomic E-state index is 11.6. The summed E-state index contributed by atoms with van der Waals surface area (Å²) in [4.78, 5) is 11.6. The SMILES string of the molecule is CCOC(=O)CC(NC(C)C)c1ccccc1Cl. The molecule has 3 nitrogen and oxygen atoms in total. The Balaban J connectivity index is 2.84. The molecule has 18 heavy (non-hydrogen) atoms. The Bertz CT molecular complexity index is 393. The smallest absolute Gasteiger partial charge is 0.307 e. The van der Waals surface area contributed by atoms with Gasteiger partial charge in [-0.05, 0) is 18.6 Å². The highest BCUT2D eigenvalue weighted by atomic mass is 35.5. The molecule has 1 rings (SSSR count). The van der Waals surface area contributed by atoms with Gasteiger partial charge in [-0.1, -0.05) is 43.6 Å². The van der Waals surface area contributed by atoms with Crippen LogP contribution < -0.4 is 5.32 Å². The van der Waals surface area contributed by atoms with Gasteiger partial charge in [-0.3, -0.25) is 4.79 Å². The zero-order valence-corrected chi connectivity index (χ0v) is 11.8. The molecule has 1 atom stereocenters. The van der Waals surface area contributed by atoms with Crippen molar-refractivity contribution in [2.45, 2.75) is 39.3 Å². The van der Waals surface area contributed by atoms with E-state index in [0.717, 1.165) is 5.56 Å². The lowest BCUT2D eigenvalue weighted by molar-refractivity contribution is -0.143. The second-order valence-electron chi connectivity index (χ2n) is 4.40. The largest absolute Gasteiger partial charge is 0.466 e. The summed E-state index contributed by atoms with van der Waals surface area (Å²) in [7, 11) is 0. The normalized spacial score (nSPS) is 12.5. The van der Waals surface area contributed by atoms with Gasteiger partial charge in [0.2, 0.25) is 0 Å². The van der Waals surface area contributed by atoms with Crippen LogP contribution >= 0.6 is 11.6 Å². The third kappa shape index (κ3) is 4.67. The topological polar surface area (TPSA) is 38.3 Å². The van der Waals surface area contributed by atoms with Gasteiger partial charge in [0.15, 0.2) is 0 Å². The van der Waals surface area contributed by atoms with Gasteiger partial charge in [-0.25, -0.2) is 0 Å². The number of hydrogen-bond donors (Lipinski definition) is 1. The van der Waals surface area contributed by atoms with E-state index in [1.54, 1.807) is 6.92 Å². The summed E-state index contributed by atoms with van der Waals surface area (Å²) in [6.07, 6.45) is 0.287. The molecule has 1 aromatic carbocycles. The minimum Gasteiger partial charge on any atom is -0.466 e. The van der Waals surface area contributed by atoms with Gasteiger partial charge in [0.1, 0.15) is 0 Å². The third-order valence-corrected chi connectivity index (χ3v) is 2.84. The van der Waals surface area contributed by atoms with E-state index < -0.39 is 0 Å². The molecule has 0 aliphatic heterocycles. The van der Waals surface area contributed by atoms with E-state index in [1.807, 2.05) is 38.1 Å². The van der Waals surface area contributed by atoms with Crippen molar-refractivity contribution >= 4 is 17.6 Å². The number of ether oxygens (including phenoxy) is 1. The summed E-state index contributed by atoms with van der Waals surface area (Å²) in [5.41, 5.74) is 0.931. The molecule has 1 unspecified atom stereocenters. The Morgan fingerprint density at radius 2 is 2.06 bits per heavy atom. The first-order valence-corrected chi connectivity index (χ1v) is 6.58. The number of carbonyl (C=O) groups excluding carboxylic acids is 1. The van der Waals surface area contributed by atoms with E-state index in [2.05, 4.69) is 5.32 Å². The molecule has 0 saturated carbocycles. The van der Waals surface area contributed by atoms with Crippen LogP contribution in [-0.2, 0) is 9.53 Å². The first-order valence-electron chi connectivity index (χ1n) is 6.20. The van der Waals surface area contributed by atoms with E-state index in [9.17, 15) is 4.79 Å². The average molecular weight is 270 g/mol. The molecule has 0 heterocycles. The minimum absolute atomic E-state index is 0.113. The molecule has 0 amide bonds. The Kier molecular flexibility index (Phi) is 6.16. The molecule has 0 aliphatic rings. The van der Waals surface area contributed by atoms with Gasteiger partial charge in [-0.2, -0.15) is 0 Å². The second-order valence-corrected chi connectivity index (χ2v) is 4.81. The van der Waals surface area contributed by atoms with Gasteiger partial charge >= 0.3 is 5.97 Å². The molecular formula is C14H20ClNO2. The average Bonchev–Trinajstić information content (AvgIpc) is 2.28. The highest BCUT2D eigenvalue weighted by molar-refractivity contribution is 6.31. The fourth-order valence-electron chi connectivity index (χ4n) is 1.81. The van der Waals surface area contributed by atoms with Gasteiger partial charge in [0, 0.05) is 17.1 Å². The number of hydrogen-bond acceptors (Lipinski definition) is 3. The quantitative estimate of drug-likeness (QED) is 0.805. The van der Waals surface area contributed by atoms with Crippen molar-refractivity contribution in [1.82, 2.24) is 5.32 Å². The highest BCUT2D eigenvalue weighted by Gasteiger charge is 2.19.